The van der Waals surface area contributed by atoms with E-state index in [0.29, 0.717) is 11.5 Å². The maximum Gasteiger partial charge on any atom is 0.308 e. The van der Waals surface area contributed by atoms with Gasteiger partial charge in [0.05, 0.1) is 0 Å². The van der Waals surface area contributed by atoms with Crippen LogP contribution in [-0.4, -0.2) is 11.9 Å². The van der Waals surface area contributed by atoms with Gasteiger partial charge in [0.15, 0.2) is 0 Å². The highest BCUT2D eigenvalue weighted by atomic mass is 16.5. The molecule has 0 heterocycles. The van der Waals surface area contributed by atoms with E-state index in [4.69, 9.17) is 9.47 Å². The lowest BCUT2D eigenvalue weighted by atomic mass is 9.97. The zero-order chi connectivity index (χ0) is 31.8. The van der Waals surface area contributed by atoms with Crippen molar-refractivity contribution in [2.75, 3.05) is 4.90 Å². The van der Waals surface area contributed by atoms with Gasteiger partial charge in [-0.2, -0.15) is 0 Å². The number of carbonyl (C=O) groups is 2. The Hall–Kier alpha value is -5.68. The molecule has 0 amide bonds. The van der Waals surface area contributed by atoms with Gasteiger partial charge in [-0.1, -0.05) is 90.0 Å². The first-order valence-corrected chi connectivity index (χ1v) is 14.7. The van der Waals surface area contributed by atoms with Crippen LogP contribution >= 0.6 is 0 Å². The average Bonchev–Trinajstić information content (AvgIpc) is 3.02. The summed E-state index contributed by atoms with van der Waals surface area (Å²) in [7, 11) is 0. The predicted molar refractivity (Wildman–Crippen MR) is 182 cm³/mol. The molecule has 0 saturated carbocycles. The number of hydrogen-bond acceptors (Lipinski definition) is 5. The molecule has 0 bridgehead atoms. The van der Waals surface area contributed by atoms with Gasteiger partial charge in [0.25, 0.3) is 0 Å². The average molecular weight is 594 g/mol. The highest BCUT2D eigenvalue weighted by Gasteiger charge is 2.12. The van der Waals surface area contributed by atoms with E-state index in [1.807, 2.05) is 36.4 Å². The Bertz CT molecular complexity index is 1710. The Morgan fingerprint density at radius 2 is 0.911 bits per heavy atom. The maximum absolute atomic E-state index is 11.4. The van der Waals surface area contributed by atoms with Crippen LogP contribution in [0.5, 0.6) is 11.5 Å². The summed E-state index contributed by atoms with van der Waals surface area (Å²) >= 11 is 0. The largest absolute Gasteiger partial charge is 0.427 e. The first-order valence-electron chi connectivity index (χ1n) is 14.7. The SMILES string of the molecule is CC(=O)Oc1ccc(C(=C/C=C/c2ccc(N(c3ccc(C)cc3)c3ccc(C)cc3)cc2)c2ccc(OC(C)=O)cc2)cc1. The van der Waals surface area contributed by atoms with Crippen molar-refractivity contribution in [2.45, 2.75) is 27.7 Å². The first-order chi connectivity index (χ1) is 21.7. The van der Waals surface area contributed by atoms with Crippen molar-refractivity contribution >= 4 is 40.6 Å². The molecule has 0 spiro atoms. The molecule has 5 heteroatoms. The number of aryl methyl sites for hydroxylation is 2. The summed E-state index contributed by atoms with van der Waals surface area (Å²) in [6.07, 6.45) is 6.12. The van der Waals surface area contributed by atoms with Crippen LogP contribution in [0.15, 0.2) is 133 Å². The van der Waals surface area contributed by atoms with Crippen LogP contribution in [0.3, 0.4) is 0 Å². The maximum atomic E-state index is 11.4. The molecule has 0 aliphatic rings. The van der Waals surface area contributed by atoms with Crippen molar-refractivity contribution < 1.29 is 19.1 Å². The first kappa shape index (κ1) is 30.8. The van der Waals surface area contributed by atoms with E-state index in [1.165, 1.54) is 25.0 Å². The van der Waals surface area contributed by atoms with E-state index in [-0.39, 0.29) is 11.9 Å². The lowest BCUT2D eigenvalue weighted by Gasteiger charge is -2.25. The number of rotatable bonds is 9. The van der Waals surface area contributed by atoms with Crippen LogP contribution in [0.25, 0.3) is 11.6 Å². The van der Waals surface area contributed by atoms with E-state index in [2.05, 4.69) is 97.6 Å². The van der Waals surface area contributed by atoms with Crippen LogP contribution in [0.2, 0.25) is 0 Å². The third-order valence-corrected chi connectivity index (χ3v) is 7.14. The molecule has 0 N–H and O–H groups in total. The Kier molecular flexibility index (Phi) is 9.70. The number of anilines is 3. The summed E-state index contributed by atoms with van der Waals surface area (Å²) in [6, 6.07) is 40.3. The van der Waals surface area contributed by atoms with Gasteiger partial charge in [-0.3, -0.25) is 9.59 Å². The molecular weight excluding hydrogens is 558 g/mol. The van der Waals surface area contributed by atoms with E-state index in [1.54, 1.807) is 24.3 Å². The normalized spacial score (nSPS) is 10.8. The fourth-order valence-corrected chi connectivity index (χ4v) is 4.92. The zero-order valence-electron chi connectivity index (χ0n) is 25.9. The molecule has 5 aromatic carbocycles. The number of carbonyl (C=O) groups excluding carboxylic acids is 2. The Morgan fingerprint density at radius 1 is 0.533 bits per heavy atom. The molecule has 0 radical (unpaired) electrons. The van der Waals surface area contributed by atoms with Crippen LogP contribution in [0.4, 0.5) is 17.1 Å². The van der Waals surface area contributed by atoms with Gasteiger partial charge in [0, 0.05) is 30.9 Å². The third-order valence-electron chi connectivity index (χ3n) is 7.14. The van der Waals surface area contributed by atoms with Crippen molar-refractivity contribution in [1.29, 1.82) is 0 Å². The quantitative estimate of drug-likeness (QED) is 0.0967. The van der Waals surface area contributed by atoms with Crippen LogP contribution in [0, 0.1) is 13.8 Å². The minimum absolute atomic E-state index is 0.366. The fraction of sp³-hybridized carbons (Fsp3) is 0.100. The summed E-state index contributed by atoms with van der Waals surface area (Å²) in [4.78, 5) is 25.0. The van der Waals surface area contributed by atoms with E-state index in [0.717, 1.165) is 39.3 Å². The Morgan fingerprint density at radius 3 is 1.29 bits per heavy atom. The van der Waals surface area contributed by atoms with Crippen molar-refractivity contribution in [3.63, 3.8) is 0 Å². The lowest BCUT2D eigenvalue weighted by Crippen LogP contribution is -2.09. The molecule has 5 aromatic rings. The van der Waals surface area contributed by atoms with Gasteiger partial charge in [-0.05, 0) is 96.8 Å². The number of esters is 2. The number of benzene rings is 5. The number of ether oxygens (including phenoxy) is 2. The Balaban J connectivity index is 1.44. The number of hydrogen-bond donors (Lipinski definition) is 0. The zero-order valence-corrected chi connectivity index (χ0v) is 25.9. The number of nitrogens with zero attached hydrogens (tertiary/aromatic N) is 1. The topological polar surface area (TPSA) is 55.8 Å². The second-order valence-electron chi connectivity index (χ2n) is 10.8. The molecule has 0 fully saturated rings. The summed E-state index contributed by atoms with van der Waals surface area (Å²) in [5, 5.41) is 0. The van der Waals surface area contributed by atoms with Crippen molar-refractivity contribution in [1.82, 2.24) is 0 Å². The molecule has 5 nitrogen and oxygen atoms in total. The molecule has 224 valence electrons. The van der Waals surface area contributed by atoms with Crippen LogP contribution < -0.4 is 14.4 Å². The fourth-order valence-electron chi connectivity index (χ4n) is 4.92. The summed E-state index contributed by atoms with van der Waals surface area (Å²) in [6.45, 7) is 6.95. The lowest BCUT2D eigenvalue weighted by molar-refractivity contribution is -0.132. The smallest absolute Gasteiger partial charge is 0.308 e. The van der Waals surface area contributed by atoms with Gasteiger partial charge >= 0.3 is 11.9 Å². The van der Waals surface area contributed by atoms with Crippen molar-refractivity contribution in [3.8, 4) is 11.5 Å². The summed E-state index contributed by atoms with van der Waals surface area (Å²) in [5.41, 5.74) is 9.59. The molecular formula is C40H35NO4. The second-order valence-corrected chi connectivity index (χ2v) is 10.8. The standard InChI is InChI=1S/C40H35NO4/c1-28-8-18-35(19-9-28)41(36-20-10-29(2)11-21-36)37-22-12-32(13-23-37)6-5-7-40(33-14-24-38(25-15-33)44-30(3)42)34-16-26-39(27-17-34)45-31(4)43/h5-27H,1-4H3/b6-5+. The van der Waals surface area contributed by atoms with E-state index >= 15 is 0 Å². The van der Waals surface area contributed by atoms with E-state index in [9.17, 15) is 9.59 Å². The van der Waals surface area contributed by atoms with Crippen molar-refractivity contribution in [2.24, 2.45) is 0 Å². The van der Waals surface area contributed by atoms with Gasteiger partial charge in [-0.15, -0.1) is 0 Å². The third kappa shape index (κ3) is 8.24. The minimum atomic E-state index is -0.366. The van der Waals surface area contributed by atoms with Crippen LogP contribution in [-0.2, 0) is 9.59 Å². The van der Waals surface area contributed by atoms with E-state index < -0.39 is 0 Å². The minimum Gasteiger partial charge on any atom is -0.427 e. The van der Waals surface area contributed by atoms with Gasteiger partial charge < -0.3 is 14.4 Å². The predicted octanol–water partition coefficient (Wildman–Crippen LogP) is 9.77. The molecule has 0 saturated heterocycles. The summed E-state index contributed by atoms with van der Waals surface area (Å²) < 4.78 is 10.4. The molecule has 0 unspecified atom stereocenters. The molecule has 45 heavy (non-hydrogen) atoms. The summed E-state index contributed by atoms with van der Waals surface area (Å²) in [5.74, 6) is 0.234. The molecule has 5 rings (SSSR count). The van der Waals surface area contributed by atoms with Gasteiger partial charge in [0.2, 0.25) is 0 Å². The van der Waals surface area contributed by atoms with Gasteiger partial charge in [0.1, 0.15) is 11.5 Å². The van der Waals surface area contributed by atoms with Crippen LogP contribution in [0.1, 0.15) is 41.7 Å². The number of allylic oxidation sites excluding steroid dienone is 2. The second kappa shape index (κ2) is 14.2. The molecule has 0 atom stereocenters. The highest BCUT2D eigenvalue weighted by molar-refractivity contribution is 5.83. The monoisotopic (exact) mass is 593 g/mol. The molecule has 0 aromatic heterocycles. The van der Waals surface area contributed by atoms with Gasteiger partial charge in [-0.25, -0.2) is 0 Å². The van der Waals surface area contributed by atoms with Crippen molar-refractivity contribution in [3.05, 3.63) is 161 Å². The highest BCUT2D eigenvalue weighted by Crippen LogP contribution is 2.35. The Labute approximate surface area is 264 Å². The molecule has 0 aliphatic carbocycles. The molecule has 0 aliphatic heterocycles.